The van der Waals surface area contributed by atoms with Gasteiger partial charge in [0.25, 0.3) is 0 Å². The number of H-pyrrole nitrogens is 1. The quantitative estimate of drug-likeness (QED) is 0.404. The van der Waals surface area contributed by atoms with Gasteiger partial charge in [0.15, 0.2) is 0 Å². The lowest BCUT2D eigenvalue weighted by Crippen LogP contribution is -2.28. The van der Waals surface area contributed by atoms with Crippen LogP contribution in [-0.4, -0.2) is 39.1 Å². The van der Waals surface area contributed by atoms with Crippen LogP contribution in [0.1, 0.15) is 0 Å². The predicted molar refractivity (Wildman–Crippen MR) is 77.9 cm³/mol. The molecule has 0 spiro atoms. The maximum absolute atomic E-state index is 12.2. The van der Waals surface area contributed by atoms with Crippen LogP contribution in [0.25, 0.3) is 10.9 Å². The summed E-state index contributed by atoms with van der Waals surface area (Å²) in [5, 5.41) is 0.514. The van der Waals surface area contributed by atoms with Crippen molar-refractivity contribution in [1.82, 2.24) is 9.71 Å². The number of nitrogen functional groups attached to an aromatic ring is 1. The minimum absolute atomic E-state index is 0.0323. The first-order valence-corrected chi connectivity index (χ1v) is 7.61. The summed E-state index contributed by atoms with van der Waals surface area (Å²) >= 11 is 0. The summed E-state index contributed by atoms with van der Waals surface area (Å²) in [4.78, 5) is 13.4. The molecule has 1 aromatic heterocycles. The molecule has 0 atom stereocenters. The van der Waals surface area contributed by atoms with Gasteiger partial charge in [-0.2, -0.15) is 0 Å². The van der Waals surface area contributed by atoms with Gasteiger partial charge in [-0.1, -0.05) is 0 Å². The molecule has 0 aliphatic rings. The molecular formula is C12H16N4O4S. The van der Waals surface area contributed by atoms with Gasteiger partial charge in [-0.25, -0.2) is 13.1 Å². The number of amides is 1. The Labute approximate surface area is 121 Å². The molecule has 0 fully saturated rings. The second-order valence-corrected chi connectivity index (χ2v) is 6.11. The topological polar surface area (TPSA) is 140 Å². The second kappa shape index (κ2) is 6.12. The van der Waals surface area contributed by atoms with Gasteiger partial charge < -0.3 is 21.2 Å². The van der Waals surface area contributed by atoms with E-state index >= 15 is 0 Å². The number of rotatable bonds is 7. The van der Waals surface area contributed by atoms with Gasteiger partial charge >= 0.3 is 0 Å². The van der Waals surface area contributed by atoms with E-state index in [9.17, 15) is 13.2 Å². The normalized spacial score (nSPS) is 11.8. The van der Waals surface area contributed by atoms with Crippen LogP contribution in [0.15, 0.2) is 29.3 Å². The fourth-order valence-corrected chi connectivity index (χ4v) is 3.01. The number of sulfonamides is 1. The molecule has 0 aliphatic heterocycles. The van der Waals surface area contributed by atoms with E-state index in [1.807, 2.05) is 0 Å². The maximum atomic E-state index is 12.2. The van der Waals surface area contributed by atoms with Crippen molar-refractivity contribution < 1.29 is 17.9 Å². The SMILES string of the molecule is NC(=O)COCCNS(=O)(=O)c1c[nH]c2ccc(N)cc12. The monoisotopic (exact) mass is 312 g/mol. The van der Waals surface area contributed by atoms with Crippen LogP contribution >= 0.6 is 0 Å². The summed E-state index contributed by atoms with van der Waals surface area (Å²) in [5.74, 6) is -0.607. The number of carbonyl (C=O) groups excluding carboxylic acids is 1. The van der Waals surface area contributed by atoms with Crippen LogP contribution < -0.4 is 16.2 Å². The number of nitrogens with one attached hydrogen (secondary N) is 2. The van der Waals surface area contributed by atoms with Gasteiger partial charge in [-0.05, 0) is 18.2 Å². The van der Waals surface area contributed by atoms with Crippen LogP contribution in [0.2, 0.25) is 0 Å². The highest BCUT2D eigenvalue weighted by Gasteiger charge is 2.18. The third-order valence-electron chi connectivity index (χ3n) is 2.74. The summed E-state index contributed by atoms with van der Waals surface area (Å²) < 4.78 is 31.7. The average molecular weight is 312 g/mol. The summed E-state index contributed by atoms with van der Waals surface area (Å²) in [7, 11) is -3.69. The molecule has 21 heavy (non-hydrogen) atoms. The minimum Gasteiger partial charge on any atom is -0.399 e. The van der Waals surface area contributed by atoms with Crippen LogP contribution in [0.4, 0.5) is 5.69 Å². The molecule has 6 N–H and O–H groups in total. The Morgan fingerprint density at radius 2 is 2.14 bits per heavy atom. The molecule has 114 valence electrons. The molecule has 0 bridgehead atoms. The van der Waals surface area contributed by atoms with Crippen molar-refractivity contribution in [3.63, 3.8) is 0 Å². The average Bonchev–Trinajstić information content (AvgIpc) is 2.81. The van der Waals surface area contributed by atoms with Crippen molar-refractivity contribution in [2.45, 2.75) is 4.90 Å². The smallest absolute Gasteiger partial charge is 0.243 e. The standard InChI is InChI=1S/C12H16N4O4S/c13-8-1-2-10-9(5-8)11(6-15-10)21(18,19)16-3-4-20-7-12(14)17/h1-2,5-6,15-16H,3-4,7,13H2,(H2,14,17). The summed E-state index contributed by atoms with van der Waals surface area (Å²) in [6.07, 6.45) is 1.40. The molecule has 9 heteroatoms. The van der Waals surface area contributed by atoms with E-state index in [2.05, 4.69) is 9.71 Å². The number of anilines is 1. The van der Waals surface area contributed by atoms with Crippen molar-refractivity contribution in [3.8, 4) is 0 Å². The second-order valence-electron chi connectivity index (χ2n) is 4.37. The van der Waals surface area contributed by atoms with Crippen LogP contribution in [0.5, 0.6) is 0 Å². The molecule has 0 radical (unpaired) electrons. The van der Waals surface area contributed by atoms with E-state index in [4.69, 9.17) is 16.2 Å². The molecule has 2 aromatic rings. The number of hydrogen-bond acceptors (Lipinski definition) is 5. The predicted octanol–water partition coefficient (Wildman–Crippen LogP) is -0.470. The van der Waals surface area contributed by atoms with Gasteiger partial charge in [-0.15, -0.1) is 0 Å². The van der Waals surface area contributed by atoms with Gasteiger partial charge in [0.2, 0.25) is 15.9 Å². The highest BCUT2D eigenvalue weighted by atomic mass is 32.2. The number of hydrogen-bond donors (Lipinski definition) is 4. The first-order chi connectivity index (χ1) is 9.90. The number of nitrogens with two attached hydrogens (primary N) is 2. The fraction of sp³-hybridized carbons (Fsp3) is 0.250. The number of primary amides is 1. The Morgan fingerprint density at radius 1 is 1.38 bits per heavy atom. The molecule has 0 aliphatic carbocycles. The third kappa shape index (κ3) is 3.72. The molecule has 2 rings (SSSR count). The number of carbonyl (C=O) groups is 1. The summed E-state index contributed by atoms with van der Waals surface area (Å²) in [5.41, 5.74) is 11.7. The minimum atomic E-state index is -3.69. The van der Waals surface area contributed by atoms with E-state index < -0.39 is 15.9 Å². The van der Waals surface area contributed by atoms with Gasteiger partial charge in [0.05, 0.1) is 6.61 Å². The van der Waals surface area contributed by atoms with E-state index in [1.165, 1.54) is 6.20 Å². The van der Waals surface area contributed by atoms with E-state index in [-0.39, 0.29) is 24.7 Å². The summed E-state index contributed by atoms with van der Waals surface area (Å²) in [6.45, 7) is -0.164. The Kier molecular flexibility index (Phi) is 4.46. The van der Waals surface area contributed by atoms with Crippen molar-refractivity contribution >= 4 is 32.5 Å². The van der Waals surface area contributed by atoms with Crippen molar-refractivity contribution in [2.24, 2.45) is 5.73 Å². The first kappa shape index (κ1) is 15.3. The van der Waals surface area contributed by atoms with Crippen molar-refractivity contribution in [2.75, 3.05) is 25.5 Å². The zero-order chi connectivity index (χ0) is 15.5. The van der Waals surface area contributed by atoms with Crippen molar-refractivity contribution in [3.05, 3.63) is 24.4 Å². The van der Waals surface area contributed by atoms with Gasteiger partial charge in [0, 0.05) is 29.3 Å². The Hall–Kier alpha value is -2.10. The number of ether oxygens (including phenoxy) is 1. The van der Waals surface area contributed by atoms with Crippen LogP contribution in [0, 0.1) is 0 Å². The Bertz CT molecular complexity index is 754. The van der Waals surface area contributed by atoms with E-state index in [0.717, 1.165) is 0 Å². The number of fused-ring (bicyclic) bond motifs is 1. The molecule has 1 amide bonds. The lowest BCUT2D eigenvalue weighted by atomic mass is 10.2. The molecule has 0 unspecified atom stereocenters. The molecular weight excluding hydrogens is 296 g/mol. The highest BCUT2D eigenvalue weighted by molar-refractivity contribution is 7.89. The lowest BCUT2D eigenvalue weighted by Gasteiger charge is -2.06. The molecule has 0 saturated carbocycles. The van der Waals surface area contributed by atoms with Crippen molar-refractivity contribution in [1.29, 1.82) is 0 Å². The summed E-state index contributed by atoms with van der Waals surface area (Å²) in [6, 6.07) is 4.98. The number of aromatic nitrogens is 1. The van der Waals surface area contributed by atoms with Gasteiger partial charge in [0.1, 0.15) is 11.5 Å². The zero-order valence-corrected chi connectivity index (χ0v) is 11.9. The molecule has 1 heterocycles. The van der Waals surface area contributed by atoms with Crippen LogP contribution in [0.3, 0.4) is 0 Å². The zero-order valence-electron chi connectivity index (χ0n) is 11.1. The third-order valence-corrected chi connectivity index (χ3v) is 4.24. The number of benzene rings is 1. The van der Waals surface area contributed by atoms with Gasteiger partial charge in [-0.3, -0.25) is 4.79 Å². The largest absolute Gasteiger partial charge is 0.399 e. The fourth-order valence-electron chi connectivity index (χ4n) is 1.83. The molecule has 8 nitrogen and oxygen atoms in total. The first-order valence-electron chi connectivity index (χ1n) is 6.12. The molecule has 0 saturated heterocycles. The van der Waals surface area contributed by atoms with E-state index in [1.54, 1.807) is 18.2 Å². The maximum Gasteiger partial charge on any atom is 0.243 e. The van der Waals surface area contributed by atoms with Crippen LogP contribution in [-0.2, 0) is 19.6 Å². The lowest BCUT2D eigenvalue weighted by molar-refractivity contribution is -0.122. The highest BCUT2D eigenvalue weighted by Crippen LogP contribution is 2.24. The Balaban J connectivity index is 2.07. The Morgan fingerprint density at radius 3 is 2.86 bits per heavy atom. The number of aromatic amines is 1. The molecule has 1 aromatic carbocycles. The van der Waals surface area contributed by atoms with E-state index in [0.29, 0.717) is 16.6 Å².